The quantitative estimate of drug-likeness (QED) is 0.653. The minimum Gasteiger partial charge on any atom is -0.444 e. The highest BCUT2D eigenvalue weighted by atomic mass is 35.5. The SMILES string of the molecule is CC(NC(=O)OC(C)(C)C)C(=O)Cc1cccc(Cl)c1C(=O)Nc1cc(F)ccc1F. The van der Waals surface area contributed by atoms with Crippen LogP contribution in [0.3, 0.4) is 0 Å². The number of amides is 2. The summed E-state index contributed by atoms with van der Waals surface area (Å²) in [6.45, 7) is 6.56. The molecular weight excluding hydrogens is 430 g/mol. The Hall–Kier alpha value is -3.00. The van der Waals surface area contributed by atoms with E-state index in [9.17, 15) is 23.2 Å². The Kier molecular flexibility index (Phi) is 7.73. The molecule has 0 spiro atoms. The number of benzene rings is 2. The van der Waals surface area contributed by atoms with Crippen molar-refractivity contribution in [2.75, 3.05) is 5.32 Å². The van der Waals surface area contributed by atoms with Crippen LogP contribution in [0, 0.1) is 11.6 Å². The molecule has 0 aliphatic rings. The number of ketones is 1. The Bertz CT molecular complexity index is 1010. The summed E-state index contributed by atoms with van der Waals surface area (Å²) in [5, 5.41) is 4.74. The molecule has 0 fully saturated rings. The van der Waals surface area contributed by atoms with E-state index < -0.39 is 41.1 Å². The fraction of sp³-hybridized carbons (Fsp3) is 0.318. The molecule has 2 aromatic carbocycles. The van der Waals surface area contributed by atoms with E-state index in [1.165, 1.54) is 19.1 Å². The third kappa shape index (κ3) is 7.03. The average Bonchev–Trinajstić information content (AvgIpc) is 2.63. The molecular formula is C22H23ClF2N2O4. The van der Waals surface area contributed by atoms with E-state index in [2.05, 4.69) is 10.6 Å². The number of hydrogen-bond donors (Lipinski definition) is 2. The van der Waals surface area contributed by atoms with Crippen molar-refractivity contribution in [3.8, 4) is 0 Å². The molecule has 2 amide bonds. The lowest BCUT2D eigenvalue weighted by atomic mass is 9.99. The zero-order valence-corrected chi connectivity index (χ0v) is 18.3. The Morgan fingerprint density at radius 2 is 1.81 bits per heavy atom. The van der Waals surface area contributed by atoms with Gasteiger partial charge < -0.3 is 15.4 Å². The van der Waals surface area contributed by atoms with Crippen LogP contribution in [0.4, 0.5) is 19.3 Å². The third-order valence-electron chi connectivity index (χ3n) is 4.08. The monoisotopic (exact) mass is 452 g/mol. The summed E-state index contributed by atoms with van der Waals surface area (Å²) in [4.78, 5) is 37.2. The molecule has 0 aliphatic heterocycles. The number of rotatable bonds is 6. The van der Waals surface area contributed by atoms with Crippen molar-refractivity contribution in [3.05, 3.63) is 64.2 Å². The molecule has 0 heterocycles. The van der Waals surface area contributed by atoms with E-state index in [0.29, 0.717) is 0 Å². The first kappa shape index (κ1) is 24.3. The summed E-state index contributed by atoms with van der Waals surface area (Å²) in [5.74, 6) is -2.76. The lowest BCUT2D eigenvalue weighted by molar-refractivity contribution is -0.120. The molecule has 9 heteroatoms. The van der Waals surface area contributed by atoms with Gasteiger partial charge in [-0.25, -0.2) is 13.6 Å². The fourth-order valence-corrected chi connectivity index (χ4v) is 2.93. The van der Waals surface area contributed by atoms with E-state index in [4.69, 9.17) is 16.3 Å². The van der Waals surface area contributed by atoms with Gasteiger partial charge in [-0.15, -0.1) is 0 Å². The van der Waals surface area contributed by atoms with Gasteiger partial charge in [0.1, 0.15) is 17.2 Å². The van der Waals surface area contributed by atoms with Gasteiger partial charge in [-0.2, -0.15) is 0 Å². The minimum absolute atomic E-state index is 0.0346. The zero-order valence-electron chi connectivity index (χ0n) is 17.5. The zero-order chi connectivity index (χ0) is 23.3. The van der Waals surface area contributed by atoms with Crippen LogP contribution < -0.4 is 10.6 Å². The van der Waals surface area contributed by atoms with E-state index in [0.717, 1.165) is 18.2 Å². The molecule has 0 radical (unpaired) electrons. The van der Waals surface area contributed by atoms with Crippen LogP contribution in [0.25, 0.3) is 0 Å². The highest BCUT2D eigenvalue weighted by molar-refractivity contribution is 6.34. The number of carbonyl (C=O) groups is 3. The van der Waals surface area contributed by atoms with Crippen molar-refractivity contribution >= 4 is 35.1 Å². The number of hydrogen-bond acceptors (Lipinski definition) is 4. The molecule has 31 heavy (non-hydrogen) atoms. The van der Waals surface area contributed by atoms with Gasteiger partial charge in [-0.05, 0) is 51.5 Å². The number of Topliss-reactive ketones (excluding diaryl/α,β-unsaturated/α-hetero) is 1. The van der Waals surface area contributed by atoms with Crippen LogP contribution in [-0.4, -0.2) is 29.4 Å². The molecule has 2 N–H and O–H groups in total. The Labute approximate surface area is 183 Å². The molecule has 1 unspecified atom stereocenters. The number of ether oxygens (including phenoxy) is 1. The maximum Gasteiger partial charge on any atom is 0.408 e. The molecule has 6 nitrogen and oxygen atoms in total. The van der Waals surface area contributed by atoms with Crippen molar-refractivity contribution in [2.24, 2.45) is 0 Å². The average molecular weight is 453 g/mol. The van der Waals surface area contributed by atoms with Crippen molar-refractivity contribution < 1.29 is 27.9 Å². The van der Waals surface area contributed by atoms with Gasteiger partial charge in [-0.1, -0.05) is 23.7 Å². The first-order valence-electron chi connectivity index (χ1n) is 9.43. The first-order chi connectivity index (χ1) is 14.4. The van der Waals surface area contributed by atoms with Gasteiger partial charge in [0.05, 0.1) is 22.3 Å². The summed E-state index contributed by atoms with van der Waals surface area (Å²) < 4.78 is 32.4. The van der Waals surface area contributed by atoms with Gasteiger partial charge in [0, 0.05) is 12.5 Å². The minimum atomic E-state index is -0.898. The molecule has 0 aliphatic carbocycles. The van der Waals surface area contributed by atoms with Gasteiger partial charge in [0.15, 0.2) is 5.78 Å². The number of halogens is 3. The van der Waals surface area contributed by atoms with Gasteiger partial charge in [-0.3, -0.25) is 9.59 Å². The molecule has 0 aromatic heterocycles. The van der Waals surface area contributed by atoms with Crippen LogP contribution in [0.2, 0.25) is 5.02 Å². The standard InChI is InChI=1S/C22H23ClF2N2O4/c1-12(26-21(30)31-22(2,3)4)18(28)10-13-6-5-7-15(23)19(13)20(29)27-17-11-14(24)8-9-16(17)25/h5-9,11-12H,10H2,1-4H3,(H,26,30)(H,27,29). The summed E-state index contributed by atoms with van der Waals surface area (Å²) in [7, 11) is 0. The first-order valence-corrected chi connectivity index (χ1v) is 9.81. The van der Waals surface area contributed by atoms with Crippen molar-refractivity contribution in [3.63, 3.8) is 0 Å². The normalized spacial score (nSPS) is 12.1. The number of anilines is 1. The number of carbonyl (C=O) groups excluding carboxylic acids is 3. The largest absolute Gasteiger partial charge is 0.444 e. The predicted octanol–water partition coefficient (Wildman–Crippen LogP) is 4.90. The summed E-state index contributed by atoms with van der Waals surface area (Å²) in [6, 6.07) is 6.24. The lowest BCUT2D eigenvalue weighted by Gasteiger charge is -2.21. The molecule has 2 aromatic rings. The lowest BCUT2D eigenvalue weighted by Crippen LogP contribution is -2.42. The summed E-state index contributed by atoms with van der Waals surface area (Å²) in [5.41, 5.74) is -0.866. The van der Waals surface area contributed by atoms with Crippen LogP contribution in [0.1, 0.15) is 43.6 Å². The van der Waals surface area contributed by atoms with E-state index in [1.54, 1.807) is 26.8 Å². The highest BCUT2D eigenvalue weighted by Gasteiger charge is 2.24. The third-order valence-corrected chi connectivity index (χ3v) is 4.40. The Morgan fingerprint density at radius 3 is 2.45 bits per heavy atom. The van der Waals surface area contributed by atoms with E-state index in [1.807, 2.05) is 0 Å². The maximum absolute atomic E-state index is 13.9. The number of alkyl carbamates (subject to hydrolysis) is 1. The molecule has 0 bridgehead atoms. The topological polar surface area (TPSA) is 84.5 Å². The number of nitrogens with one attached hydrogen (secondary N) is 2. The van der Waals surface area contributed by atoms with Crippen molar-refractivity contribution in [1.82, 2.24) is 5.32 Å². The van der Waals surface area contributed by atoms with E-state index >= 15 is 0 Å². The second kappa shape index (κ2) is 9.87. The van der Waals surface area contributed by atoms with Gasteiger partial charge in [0.25, 0.3) is 5.91 Å². The van der Waals surface area contributed by atoms with Crippen LogP contribution in [0.5, 0.6) is 0 Å². The second-order valence-electron chi connectivity index (χ2n) is 7.86. The molecule has 0 saturated carbocycles. The highest BCUT2D eigenvalue weighted by Crippen LogP contribution is 2.24. The second-order valence-corrected chi connectivity index (χ2v) is 8.27. The maximum atomic E-state index is 13.9. The smallest absolute Gasteiger partial charge is 0.408 e. The van der Waals surface area contributed by atoms with Gasteiger partial charge in [0.2, 0.25) is 0 Å². The summed E-state index contributed by atoms with van der Waals surface area (Å²) >= 11 is 6.15. The Balaban J connectivity index is 2.18. The van der Waals surface area contributed by atoms with Gasteiger partial charge >= 0.3 is 6.09 Å². The van der Waals surface area contributed by atoms with Crippen molar-refractivity contribution in [2.45, 2.75) is 45.8 Å². The predicted molar refractivity (Wildman–Crippen MR) is 113 cm³/mol. The van der Waals surface area contributed by atoms with Crippen LogP contribution in [-0.2, 0) is 16.0 Å². The van der Waals surface area contributed by atoms with Crippen molar-refractivity contribution in [1.29, 1.82) is 0 Å². The fourth-order valence-electron chi connectivity index (χ4n) is 2.65. The molecule has 166 valence electrons. The molecule has 2 rings (SSSR count). The Morgan fingerprint density at radius 1 is 1.13 bits per heavy atom. The molecule has 0 saturated heterocycles. The van der Waals surface area contributed by atoms with Crippen LogP contribution >= 0.6 is 11.6 Å². The van der Waals surface area contributed by atoms with E-state index in [-0.39, 0.29) is 28.3 Å². The summed E-state index contributed by atoms with van der Waals surface area (Å²) in [6.07, 6.45) is -0.981. The molecule has 1 atom stereocenters. The van der Waals surface area contributed by atoms with Crippen LogP contribution in [0.15, 0.2) is 36.4 Å².